The van der Waals surface area contributed by atoms with Crippen molar-refractivity contribution in [3.63, 3.8) is 0 Å². The molecule has 2 aliphatic heterocycles. The van der Waals surface area contributed by atoms with Gasteiger partial charge in [-0.05, 0) is 44.7 Å². The van der Waals surface area contributed by atoms with Crippen LogP contribution < -0.4 is 0 Å². The summed E-state index contributed by atoms with van der Waals surface area (Å²) in [6, 6.07) is 7.61. The molecular weight excluding hydrogens is 360 g/mol. The highest BCUT2D eigenvalue weighted by atomic mass is 32.2. The molecule has 27 heavy (non-hydrogen) atoms. The lowest BCUT2D eigenvalue weighted by molar-refractivity contribution is -0.143. The molecule has 0 radical (unpaired) electrons. The predicted molar refractivity (Wildman–Crippen MR) is 109 cm³/mol. The number of thioether (sulfide) groups is 1. The van der Waals surface area contributed by atoms with Crippen LogP contribution in [0.15, 0.2) is 40.5 Å². The van der Waals surface area contributed by atoms with E-state index in [1.807, 2.05) is 39.8 Å². The number of allylic oxidation sites excluding steroid dienone is 1. The van der Waals surface area contributed by atoms with Gasteiger partial charge >= 0.3 is 5.97 Å². The van der Waals surface area contributed by atoms with Crippen LogP contribution in [0.3, 0.4) is 0 Å². The van der Waals surface area contributed by atoms with Crippen LogP contribution in [0.25, 0.3) is 0 Å². The van der Waals surface area contributed by atoms with E-state index in [1.54, 1.807) is 4.90 Å². The zero-order valence-corrected chi connectivity index (χ0v) is 17.5. The van der Waals surface area contributed by atoms with E-state index in [0.717, 1.165) is 5.56 Å². The number of carbonyl (C=O) groups is 2. The summed E-state index contributed by atoms with van der Waals surface area (Å²) in [6.07, 6.45) is -0.241. The Morgan fingerprint density at radius 1 is 1.19 bits per heavy atom. The van der Waals surface area contributed by atoms with E-state index in [4.69, 9.17) is 4.74 Å². The molecule has 3 rings (SSSR count). The number of carbonyl (C=O) groups excluding carboxylic acids is 2. The molecular formula is C21H26N2O3S. The predicted octanol–water partition coefficient (Wildman–Crippen LogP) is 4.41. The summed E-state index contributed by atoms with van der Waals surface area (Å²) in [4.78, 5) is 31.9. The molecule has 2 heterocycles. The topological polar surface area (TPSA) is 59.0 Å². The summed E-state index contributed by atoms with van der Waals surface area (Å²) < 4.78 is 5.47. The average molecular weight is 387 g/mol. The van der Waals surface area contributed by atoms with Crippen LogP contribution in [0.1, 0.15) is 64.6 Å². The lowest BCUT2D eigenvalue weighted by Gasteiger charge is -2.33. The molecule has 1 fully saturated rings. The van der Waals surface area contributed by atoms with Crippen LogP contribution >= 0.6 is 11.8 Å². The van der Waals surface area contributed by atoms with Gasteiger partial charge in [0.1, 0.15) is 0 Å². The van der Waals surface area contributed by atoms with Gasteiger partial charge < -0.3 is 4.74 Å². The largest absolute Gasteiger partial charge is 0.459 e. The molecule has 1 aromatic rings. The minimum atomic E-state index is -0.505. The number of fused-ring (bicyclic) bond motifs is 1. The fourth-order valence-electron chi connectivity index (χ4n) is 3.32. The summed E-state index contributed by atoms with van der Waals surface area (Å²) in [5.41, 5.74) is 3.16. The molecule has 0 N–H and O–H groups in total. The quantitative estimate of drug-likeness (QED) is 0.719. The van der Waals surface area contributed by atoms with E-state index in [0.29, 0.717) is 22.4 Å². The molecule has 1 saturated heterocycles. The van der Waals surface area contributed by atoms with Crippen molar-refractivity contribution in [2.24, 2.45) is 4.99 Å². The Hall–Kier alpha value is -2.08. The Labute approximate surface area is 164 Å². The molecule has 0 aromatic heterocycles. The second-order valence-electron chi connectivity index (χ2n) is 7.54. The first kappa shape index (κ1) is 19.7. The highest BCUT2D eigenvalue weighted by molar-refractivity contribution is 8.15. The number of hydrogen-bond donors (Lipinski definition) is 0. The second-order valence-corrected chi connectivity index (χ2v) is 8.85. The van der Waals surface area contributed by atoms with Gasteiger partial charge in [-0.1, -0.05) is 49.9 Å². The summed E-state index contributed by atoms with van der Waals surface area (Å²) in [5.74, 6) is -0.0335. The normalized spacial score (nSPS) is 22.4. The van der Waals surface area contributed by atoms with Crippen molar-refractivity contribution in [1.82, 2.24) is 4.90 Å². The van der Waals surface area contributed by atoms with Crippen molar-refractivity contribution in [2.45, 2.75) is 64.9 Å². The maximum Gasteiger partial charge on any atom is 0.338 e. The summed E-state index contributed by atoms with van der Waals surface area (Å²) >= 11 is 1.44. The van der Waals surface area contributed by atoms with E-state index >= 15 is 0 Å². The molecule has 0 spiro atoms. The molecule has 1 aromatic carbocycles. The molecule has 0 unspecified atom stereocenters. The van der Waals surface area contributed by atoms with Gasteiger partial charge in [-0.15, -0.1) is 0 Å². The lowest BCUT2D eigenvalue weighted by Crippen LogP contribution is -2.40. The van der Waals surface area contributed by atoms with Gasteiger partial charge in [-0.25, -0.2) is 9.79 Å². The van der Waals surface area contributed by atoms with Gasteiger partial charge in [-0.2, -0.15) is 0 Å². The van der Waals surface area contributed by atoms with Crippen LogP contribution in [-0.4, -0.2) is 33.3 Å². The van der Waals surface area contributed by atoms with Crippen molar-refractivity contribution in [1.29, 1.82) is 0 Å². The number of hydrogen-bond acceptors (Lipinski definition) is 5. The number of rotatable bonds is 4. The van der Waals surface area contributed by atoms with Crippen LogP contribution in [0.2, 0.25) is 0 Å². The number of amidine groups is 1. The van der Waals surface area contributed by atoms with E-state index in [9.17, 15) is 9.59 Å². The van der Waals surface area contributed by atoms with E-state index in [-0.39, 0.29) is 17.3 Å². The highest BCUT2D eigenvalue weighted by Crippen LogP contribution is 2.43. The average Bonchev–Trinajstić information content (AvgIpc) is 2.87. The van der Waals surface area contributed by atoms with Gasteiger partial charge in [0, 0.05) is 0 Å². The minimum absolute atomic E-state index is 0.0287. The number of aliphatic imine (C=N–C) groups is 1. The zero-order chi connectivity index (χ0) is 19.9. The Morgan fingerprint density at radius 2 is 1.81 bits per heavy atom. The standard InChI is InChI=1S/C21H26N2O3S/c1-11(2)15-7-9-16(10-8-15)18-17(20(25)26-12(3)4)13(5)22-21-23(18)19(24)14(6)27-21/h7-12,14,18H,1-6H3/t14-,18+/m1/s1. The fourth-order valence-corrected chi connectivity index (χ4v) is 4.35. The first-order chi connectivity index (χ1) is 12.7. The molecule has 6 heteroatoms. The van der Waals surface area contributed by atoms with Crippen molar-refractivity contribution in [3.8, 4) is 0 Å². The number of ether oxygens (including phenoxy) is 1. The Kier molecular flexibility index (Phi) is 5.47. The van der Waals surface area contributed by atoms with Gasteiger partial charge in [0.05, 0.1) is 28.7 Å². The molecule has 144 valence electrons. The van der Waals surface area contributed by atoms with Crippen molar-refractivity contribution in [3.05, 3.63) is 46.7 Å². The van der Waals surface area contributed by atoms with Gasteiger partial charge in [0.2, 0.25) is 5.91 Å². The Balaban J connectivity index is 2.10. The second kappa shape index (κ2) is 7.50. The van der Waals surface area contributed by atoms with Crippen LogP contribution in [0.4, 0.5) is 0 Å². The highest BCUT2D eigenvalue weighted by Gasteiger charge is 2.46. The van der Waals surface area contributed by atoms with Crippen molar-refractivity contribution < 1.29 is 14.3 Å². The third-order valence-corrected chi connectivity index (χ3v) is 5.79. The minimum Gasteiger partial charge on any atom is -0.459 e. The monoisotopic (exact) mass is 386 g/mol. The van der Waals surface area contributed by atoms with Gasteiger partial charge in [0.15, 0.2) is 5.17 Å². The summed E-state index contributed by atoms with van der Waals surface area (Å²) in [7, 11) is 0. The smallest absolute Gasteiger partial charge is 0.338 e. The first-order valence-electron chi connectivity index (χ1n) is 9.30. The number of nitrogens with zero attached hydrogens (tertiary/aromatic N) is 2. The van der Waals surface area contributed by atoms with Crippen LogP contribution in [0, 0.1) is 0 Å². The number of esters is 1. The van der Waals surface area contributed by atoms with Crippen LogP contribution in [-0.2, 0) is 14.3 Å². The SMILES string of the molecule is CC1=C(C(=O)OC(C)C)[C@H](c2ccc(C(C)C)cc2)N2C(=O)[C@@H](C)SC2=N1. The summed E-state index contributed by atoms with van der Waals surface area (Å²) in [6.45, 7) is 11.6. The molecule has 2 atom stereocenters. The van der Waals surface area contributed by atoms with Gasteiger partial charge in [-0.3, -0.25) is 9.69 Å². The molecule has 1 amide bonds. The van der Waals surface area contributed by atoms with E-state index in [2.05, 4.69) is 31.0 Å². The molecule has 0 saturated carbocycles. The van der Waals surface area contributed by atoms with Crippen LogP contribution in [0.5, 0.6) is 0 Å². The maximum absolute atomic E-state index is 12.9. The first-order valence-corrected chi connectivity index (χ1v) is 10.2. The number of amides is 1. The molecule has 0 bridgehead atoms. The molecule has 5 nitrogen and oxygen atoms in total. The third-order valence-electron chi connectivity index (χ3n) is 4.74. The van der Waals surface area contributed by atoms with E-state index < -0.39 is 12.0 Å². The molecule has 0 aliphatic carbocycles. The molecule has 2 aliphatic rings. The van der Waals surface area contributed by atoms with Crippen molar-refractivity contribution >= 4 is 28.8 Å². The Bertz CT molecular complexity index is 824. The maximum atomic E-state index is 12.9. The third kappa shape index (κ3) is 3.68. The Morgan fingerprint density at radius 3 is 2.37 bits per heavy atom. The van der Waals surface area contributed by atoms with Crippen molar-refractivity contribution in [2.75, 3.05) is 0 Å². The fraction of sp³-hybridized carbons (Fsp3) is 0.476. The lowest BCUT2D eigenvalue weighted by atomic mass is 9.92. The zero-order valence-electron chi connectivity index (χ0n) is 16.6. The number of benzene rings is 1. The van der Waals surface area contributed by atoms with Gasteiger partial charge in [0.25, 0.3) is 0 Å². The summed E-state index contributed by atoms with van der Waals surface area (Å²) in [5, 5.41) is 0.443. The van der Waals surface area contributed by atoms with E-state index in [1.165, 1.54) is 17.3 Å².